The number of halogens is 1. The van der Waals surface area contributed by atoms with Crippen LogP contribution in [0.15, 0.2) is 72.8 Å². The highest BCUT2D eigenvalue weighted by Gasteiger charge is 2.28. The fourth-order valence-corrected chi connectivity index (χ4v) is 5.43. The molecule has 2 N–H and O–H groups in total. The standard InChI is InChI=1S/C31H32ClNO4/c1-20-17-26(32)18-21(2)30(20)25-7-3-6-24(19-25)28(34)14-12-27-13-15-29(35)33(27)16-4-5-22-8-10-23(11-9-22)31(36)37/h3,6-12,14,17-19,27-28,34H,4-5,13,15-16H2,1-2H3,(H,36,37)/b14-12+/t27-,28?/m0/s1. The molecule has 1 amide bonds. The van der Waals surface area contributed by atoms with E-state index in [9.17, 15) is 14.7 Å². The molecule has 3 aromatic rings. The van der Waals surface area contributed by atoms with Crippen molar-refractivity contribution in [3.05, 3.63) is 106 Å². The fourth-order valence-electron chi connectivity index (χ4n) is 5.10. The number of benzene rings is 3. The lowest BCUT2D eigenvalue weighted by Crippen LogP contribution is -2.33. The van der Waals surface area contributed by atoms with Crippen molar-refractivity contribution in [3.63, 3.8) is 0 Å². The van der Waals surface area contributed by atoms with Crippen molar-refractivity contribution < 1.29 is 19.8 Å². The number of aromatic carboxylic acids is 1. The normalized spacial score (nSPS) is 16.5. The van der Waals surface area contributed by atoms with Crippen molar-refractivity contribution in [2.75, 3.05) is 6.54 Å². The van der Waals surface area contributed by atoms with Crippen LogP contribution in [-0.4, -0.2) is 39.6 Å². The molecular formula is C31H32ClNO4. The largest absolute Gasteiger partial charge is 0.478 e. The molecule has 192 valence electrons. The molecule has 6 heteroatoms. The summed E-state index contributed by atoms with van der Waals surface area (Å²) in [5.74, 6) is -0.811. The van der Waals surface area contributed by atoms with Crippen LogP contribution in [-0.2, 0) is 11.2 Å². The van der Waals surface area contributed by atoms with Gasteiger partial charge in [-0.05, 0) is 96.8 Å². The number of hydrogen-bond donors (Lipinski definition) is 2. The van der Waals surface area contributed by atoms with Gasteiger partial charge in [-0.15, -0.1) is 0 Å². The monoisotopic (exact) mass is 517 g/mol. The minimum atomic E-state index is -0.937. The second-order valence-electron chi connectivity index (χ2n) is 9.67. The zero-order chi connectivity index (χ0) is 26.5. The summed E-state index contributed by atoms with van der Waals surface area (Å²) in [4.78, 5) is 25.4. The fraction of sp³-hybridized carbons (Fsp3) is 0.290. The molecule has 37 heavy (non-hydrogen) atoms. The van der Waals surface area contributed by atoms with Crippen LogP contribution in [0.25, 0.3) is 11.1 Å². The summed E-state index contributed by atoms with van der Waals surface area (Å²) in [5.41, 5.74) is 6.44. The molecular weight excluding hydrogens is 486 g/mol. The molecule has 0 aliphatic carbocycles. The molecule has 0 radical (unpaired) electrons. The van der Waals surface area contributed by atoms with Gasteiger partial charge in [-0.25, -0.2) is 4.79 Å². The van der Waals surface area contributed by atoms with Crippen LogP contribution in [0, 0.1) is 13.8 Å². The third kappa shape index (κ3) is 6.48. The van der Waals surface area contributed by atoms with E-state index in [1.807, 2.05) is 73.4 Å². The van der Waals surface area contributed by atoms with Gasteiger partial charge in [0.2, 0.25) is 5.91 Å². The molecule has 4 rings (SSSR count). The predicted octanol–water partition coefficient (Wildman–Crippen LogP) is 6.54. The number of carbonyl (C=O) groups excluding carboxylic acids is 1. The smallest absolute Gasteiger partial charge is 0.335 e. The summed E-state index contributed by atoms with van der Waals surface area (Å²) in [7, 11) is 0. The minimum Gasteiger partial charge on any atom is -0.478 e. The topological polar surface area (TPSA) is 77.8 Å². The SMILES string of the molecule is Cc1cc(Cl)cc(C)c1-c1cccc(C(O)/C=C/[C@H]2CCC(=O)N2CCCc2ccc(C(=O)O)cc2)c1. The number of nitrogens with zero attached hydrogens (tertiary/aromatic N) is 1. The highest BCUT2D eigenvalue weighted by molar-refractivity contribution is 6.30. The van der Waals surface area contributed by atoms with Crippen LogP contribution in [0.3, 0.4) is 0 Å². The number of hydrogen-bond acceptors (Lipinski definition) is 3. The maximum Gasteiger partial charge on any atom is 0.335 e. The zero-order valence-electron chi connectivity index (χ0n) is 21.2. The molecule has 5 nitrogen and oxygen atoms in total. The number of aliphatic hydroxyl groups is 1. The van der Waals surface area contributed by atoms with E-state index < -0.39 is 12.1 Å². The van der Waals surface area contributed by atoms with Crippen LogP contribution in [0.1, 0.15) is 58.0 Å². The average Bonchev–Trinajstić information content (AvgIpc) is 3.21. The first-order chi connectivity index (χ1) is 17.7. The minimum absolute atomic E-state index is 0.0412. The van der Waals surface area contributed by atoms with E-state index in [0.717, 1.165) is 52.6 Å². The van der Waals surface area contributed by atoms with Crippen LogP contribution in [0.4, 0.5) is 0 Å². The number of carboxylic acids is 1. The molecule has 1 saturated heterocycles. The number of likely N-dealkylation sites (tertiary alicyclic amines) is 1. The average molecular weight is 518 g/mol. The number of carboxylic acid groups (broad SMARTS) is 1. The first kappa shape index (κ1) is 26.6. The third-order valence-electron chi connectivity index (χ3n) is 6.97. The van der Waals surface area contributed by atoms with Crippen LogP contribution >= 0.6 is 11.6 Å². The number of aryl methyl sites for hydroxylation is 3. The summed E-state index contributed by atoms with van der Waals surface area (Å²) in [6.45, 7) is 4.69. The summed E-state index contributed by atoms with van der Waals surface area (Å²) >= 11 is 6.20. The Morgan fingerprint density at radius 3 is 2.49 bits per heavy atom. The molecule has 1 fully saturated rings. The third-order valence-corrected chi connectivity index (χ3v) is 7.19. The van der Waals surface area contributed by atoms with Gasteiger partial charge < -0.3 is 15.1 Å². The van der Waals surface area contributed by atoms with Crippen LogP contribution < -0.4 is 0 Å². The van der Waals surface area contributed by atoms with Gasteiger partial charge in [-0.3, -0.25) is 4.79 Å². The van der Waals surface area contributed by atoms with Gasteiger partial charge in [-0.1, -0.05) is 54.1 Å². The highest BCUT2D eigenvalue weighted by atomic mass is 35.5. The van der Waals surface area contributed by atoms with Gasteiger partial charge in [0.15, 0.2) is 0 Å². The van der Waals surface area contributed by atoms with E-state index in [1.54, 1.807) is 18.2 Å². The molecule has 1 unspecified atom stereocenters. The number of aliphatic hydroxyl groups excluding tert-OH is 1. The second-order valence-corrected chi connectivity index (χ2v) is 10.1. The molecule has 1 aliphatic rings. The molecule has 0 aromatic heterocycles. The number of carbonyl (C=O) groups is 2. The molecule has 0 spiro atoms. The van der Waals surface area contributed by atoms with Crippen LogP contribution in [0.2, 0.25) is 5.02 Å². The Labute approximate surface area is 223 Å². The van der Waals surface area contributed by atoms with E-state index in [0.29, 0.717) is 18.0 Å². The van der Waals surface area contributed by atoms with Crippen molar-refractivity contribution in [3.8, 4) is 11.1 Å². The van der Waals surface area contributed by atoms with E-state index in [4.69, 9.17) is 16.7 Å². The Bertz CT molecular complexity index is 1290. The predicted molar refractivity (Wildman–Crippen MR) is 147 cm³/mol. The quantitative estimate of drug-likeness (QED) is 0.316. The van der Waals surface area contributed by atoms with Crippen LogP contribution in [0.5, 0.6) is 0 Å². The second kappa shape index (κ2) is 11.8. The van der Waals surface area contributed by atoms with Gasteiger partial charge in [0.25, 0.3) is 0 Å². The lowest BCUT2D eigenvalue weighted by atomic mass is 9.93. The molecule has 0 bridgehead atoms. The summed E-state index contributed by atoms with van der Waals surface area (Å²) in [6, 6.07) is 18.6. The maximum atomic E-state index is 12.5. The van der Waals surface area contributed by atoms with Crippen molar-refractivity contribution in [2.45, 2.75) is 51.7 Å². The Morgan fingerprint density at radius 1 is 1.11 bits per heavy atom. The molecule has 2 atom stereocenters. The summed E-state index contributed by atoms with van der Waals surface area (Å²) in [5, 5.41) is 20.7. The van der Waals surface area contributed by atoms with Gasteiger partial charge >= 0.3 is 5.97 Å². The Hall–Kier alpha value is -3.41. The lowest BCUT2D eigenvalue weighted by molar-refractivity contribution is -0.128. The van der Waals surface area contributed by atoms with Crippen molar-refractivity contribution in [1.29, 1.82) is 0 Å². The summed E-state index contributed by atoms with van der Waals surface area (Å²) in [6.07, 6.45) is 5.73. The van der Waals surface area contributed by atoms with Crippen molar-refractivity contribution >= 4 is 23.5 Å². The molecule has 1 aliphatic heterocycles. The van der Waals surface area contributed by atoms with Crippen molar-refractivity contribution in [2.24, 2.45) is 0 Å². The van der Waals surface area contributed by atoms with Gasteiger partial charge in [-0.2, -0.15) is 0 Å². The maximum absolute atomic E-state index is 12.5. The highest BCUT2D eigenvalue weighted by Crippen LogP contribution is 2.32. The molecule has 0 saturated carbocycles. The zero-order valence-corrected chi connectivity index (χ0v) is 21.9. The van der Waals surface area contributed by atoms with E-state index in [-0.39, 0.29) is 17.5 Å². The molecule has 3 aromatic carbocycles. The van der Waals surface area contributed by atoms with Gasteiger partial charge in [0.05, 0.1) is 17.7 Å². The van der Waals surface area contributed by atoms with Gasteiger partial charge in [0.1, 0.15) is 0 Å². The molecule has 1 heterocycles. The lowest BCUT2D eigenvalue weighted by Gasteiger charge is -2.23. The van der Waals surface area contributed by atoms with Gasteiger partial charge in [0, 0.05) is 18.0 Å². The first-order valence-corrected chi connectivity index (χ1v) is 13.0. The van der Waals surface area contributed by atoms with E-state index in [2.05, 4.69) is 0 Å². The first-order valence-electron chi connectivity index (χ1n) is 12.6. The number of amides is 1. The Kier molecular flexibility index (Phi) is 8.47. The van der Waals surface area contributed by atoms with E-state index >= 15 is 0 Å². The summed E-state index contributed by atoms with van der Waals surface area (Å²) < 4.78 is 0. The Balaban J connectivity index is 1.40. The van der Waals surface area contributed by atoms with Crippen molar-refractivity contribution in [1.82, 2.24) is 4.90 Å². The Morgan fingerprint density at radius 2 is 1.81 bits per heavy atom. The number of rotatable bonds is 9. The van der Waals surface area contributed by atoms with E-state index in [1.165, 1.54) is 0 Å².